The number of sulfonamides is 1. The highest BCUT2D eigenvalue weighted by atomic mass is 35.5. The number of nitrogens with one attached hydrogen (secondary N) is 1. The summed E-state index contributed by atoms with van der Waals surface area (Å²) in [5.41, 5.74) is 3.46. The van der Waals surface area contributed by atoms with Gasteiger partial charge >= 0.3 is 0 Å². The summed E-state index contributed by atoms with van der Waals surface area (Å²) in [5.74, 6) is 0.103. The highest BCUT2D eigenvalue weighted by molar-refractivity contribution is 7.92. The molecular formula is C19H19ClN4O3S. The van der Waals surface area contributed by atoms with Crippen molar-refractivity contribution in [2.75, 3.05) is 15.9 Å². The predicted molar refractivity (Wildman–Crippen MR) is 111 cm³/mol. The topological polar surface area (TPSA) is 84.3 Å². The number of amides is 1. The van der Waals surface area contributed by atoms with E-state index in [4.69, 9.17) is 11.6 Å². The van der Waals surface area contributed by atoms with Crippen LogP contribution in [-0.4, -0.2) is 36.2 Å². The standard InChI is InChI=1S/C19H19ClN4O3S/c1-11-8-13-9-12(4-6-16(13)24(11)28(3,26)27)18(25)22-19-21-15-10-14(20)5-7-17(15)23(19)2/h4-7,9-11H,8H2,1-3H3,(H,21,22,25). The SMILES string of the molecule is CC1Cc2cc(C(=O)Nc3nc4cc(Cl)ccc4n3C)ccc2N1S(C)(=O)=O. The molecule has 28 heavy (non-hydrogen) atoms. The van der Waals surface area contributed by atoms with Crippen LogP contribution in [0, 0.1) is 0 Å². The Morgan fingerprint density at radius 3 is 2.71 bits per heavy atom. The van der Waals surface area contributed by atoms with Gasteiger partial charge in [-0.15, -0.1) is 0 Å². The van der Waals surface area contributed by atoms with Crippen molar-refractivity contribution in [3.05, 3.63) is 52.5 Å². The number of hydrogen-bond donors (Lipinski definition) is 1. The number of benzene rings is 2. The number of aromatic nitrogens is 2. The molecule has 2 heterocycles. The average molecular weight is 419 g/mol. The van der Waals surface area contributed by atoms with Crippen LogP contribution >= 0.6 is 11.6 Å². The molecule has 1 aromatic heterocycles. The number of anilines is 2. The average Bonchev–Trinajstić information content (AvgIpc) is 3.09. The monoisotopic (exact) mass is 418 g/mol. The highest BCUT2D eigenvalue weighted by Crippen LogP contribution is 2.34. The molecule has 2 aromatic carbocycles. The van der Waals surface area contributed by atoms with E-state index in [2.05, 4.69) is 10.3 Å². The fraction of sp³-hybridized carbons (Fsp3) is 0.263. The van der Waals surface area contributed by atoms with Crippen LogP contribution < -0.4 is 9.62 Å². The summed E-state index contributed by atoms with van der Waals surface area (Å²) >= 11 is 6.01. The van der Waals surface area contributed by atoms with Crippen LogP contribution in [0.4, 0.5) is 11.6 Å². The molecule has 1 amide bonds. The smallest absolute Gasteiger partial charge is 0.257 e. The lowest BCUT2D eigenvalue weighted by atomic mass is 10.1. The number of rotatable bonds is 3. The highest BCUT2D eigenvalue weighted by Gasteiger charge is 2.32. The first-order valence-corrected chi connectivity index (χ1v) is 10.9. The minimum Gasteiger partial charge on any atom is -0.313 e. The second-order valence-electron chi connectivity index (χ2n) is 7.04. The van der Waals surface area contributed by atoms with E-state index in [0.29, 0.717) is 34.2 Å². The van der Waals surface area contributed by atoms with Crippen molar-refractivity contribution in [1.29, 1.82) is 0 Å². The summed E-state index contributed by atoms with van der Waals surface area (Å²) in [4.78, 5) is 17.2. The Hall–Kier alpha value is -2.58. The molecule has 0 radical (unpaired) electrons. The zero-order valence-corrected chi connectivity index (χ0v) is 17.2. The van der Waals surface area contributed by atoms with Gasteiger partial charge in [0.15, 0.2) is 0 Å². The summed E-state index contributed by atoms with van der Waals surface area (Å²) in [6.07, 6.45) is 1.76. The fourth-order valence-corrected chi connectivity index (χ4v) is 5.14. The molecular weight excluding hydrogens is 400 g/mol. The van der Waals surface area contributed by atoms with Gasteiger partial charge in [0.05, 0.1) is 23.0 Å². The fourth-order valence-electron chi connectivity index (χ4n) is 3.71. The van der Waals surface area contributed by atoms with E-state index in [1.807, 2.05) is 20.0 Å². The Morgan fingerprint density at radius 2 is 2.00 bits per heavy atom. The third-order valence-electron chi connectivity index (χ3n) is 4.92. The number of imidazole rings is 1. The molecule has 0 bridgehead atoms. The number of carbonyl (C=O) groups excluding carboxylic acids is 1. The maximum Gasteiger partial charge on any atom is 0.257 e. The molecule has 0 saturated carbocycles. The largest absolute Gasteiger partial charge is 0.313 e. The zero-order valence-electron chi connectivity index (χ0n) is 15.6. The van der Waals surface area contributed by atoms with Crippen molar-refractivity contribution >= 4 is 50.2 Å². The van der Waals surface area contributed by atoms with Crippen LogP contribution in [0.15, 0.2) is 36.4 Å². The van der Waals surface area contributed by atoms with Gasteiger partial charge in [-0.05, 0) is 55.3 Å². The number of carbonyl (C=O) groups is 1. The third kappa shape index (κ3) is 3.12. The van der Waals surface area contributed by atoms with Gasteiger partial charge in [0, 0.05) is 23.7 Å². The van der Waals surface area contributed by atoms with E-state index in [9.17, 15) is 13.2 Å². The maximum absolute atomic E-state index is 12.7. The quantitative estimate of drug-likeness (QED) is 0.707. The normalized spacial score (nSPS) is 16.4. The Bertz CT molecular complexity index is 1220. The van der Waals surface area contributed by atoms with E-state index in [1.54, 1.807) is 34.9 Å². The van der Waals surface area contributed by atoms with Crippen LogP contribution in [0.2, 0.25) is 5.02 Å². The first-order chi connectivity index (χ1) is 13.1. The Morgan fingerprint density at radius 1 is 1.25 bits per heavy atom. The predicted octanol–water partition coefficient (Wildman–Crippen LogP) is 3.19. The number of fused-ring (bicyclic) bond motifs is 2. The molecule has 1 atom stereocenters. The Labute approximate surface area is 168 Å². The van der Waals surface area contributed by atoms with Gasteiger partial charge in [-0.25, -0.2) is 13.4 Å². The number of hydrogen-bond acceptors (Lipinski definition) is 4. The van der Waals surface area contributed by atoms with Crippen molar-refractivity contribution in [1.82, 2.24) is 9.55 Å². The van der Waals surface area contributed by atoms with E-state index >= 15 is 0 Å². The van der Waals surface area contributed by atoms with Crippen molar-refractivity contribution in [3.8, 4) is 0 Å². The molecule has 0 spiro atoms. The van der Waals surface area contributed by atoms with Crippen molar-refractivity contribution in [3.63, 3.8) is 0 Å². The minimum atomic E-state index is -3.36. The molecule has 0 fully saturated rings. The molecule has 1 aliphatic heterocycles. The van der Waals surface area contributed by atoms with Crippen LogP contribution in [0.1, 0.15) is 22.8 Å². The summed E-state index contributed by atoms with van der Waals surface area (Å²) in [6.45, 7) is 1.85. The second kappa shape index (κ2) is 6.49. The lowest BCUT2D eigenvalue weighted by Gasteiger charge is -2.21. The van der Waals surface area contributed by atoms with E-state index in [1.165, 1.54) is 10.6 Å². The Kier molecular flexibility index (Phi) is 4.35. The van der Waals surface area contributed by atoms with Gasteiger partial charge in [0.1, 0.15) is 0 Å². The van der Waals surface area contributed by atoms with Crippen LogP contribution in [-0.2, 0) is 23.5 Å². The molecule has 3 aromatic rings. The van der Waals surface area contributed by atoms with Crippen molar-refractivity contribution in [2.45, 2.75) is 19.4 Å². The van der Waals surface area contributed by atoms with Crippen molar-refractivity contribution in [2.24, 2.45) is 7.05 Å². The van der Waals surface area contributed by atoms with Gasteiger partial charge in [0.2, 0.25) is 16.0 Å². The number of aryl methyl sites for hydroxylation is 1. The first-order valence-electron chi connectivity index (χ1n) is 8.71. The molecule has 0 saturated heterocycles. The molecule has 0 aliphatic carbocycles. The van der Waals surface area contributed by atoms with Gasteiger partial charge in [-0.1, -0.05) is 11.6 Å². The summed E-state index contributed by atoms with van der Waals surface area (Å²) < 4.78 is 27.3. The van der Waals surface area contributed by atoms with E-state index < -0.39 is 10.0 Å². The lowest BCUT2D eigenvalue weighted by molar-refractivity contribution is 0.102. The second-order valence-corrected chi connectivity index (χ2v) is 9.33. The van der Waals surface area contributed by atoms with Gasteiger partial charge in [-0.3, -0.25) is 14.4 Å². The molecule has 146 valence electrons. The number of nitrogens with zero attached hydrogens (tertiary/aromatic N) is 3. The van der Waals surface area contributed by atoms with Crippen LogP contribution in [0.3, 0.4) is 0 Å². The molecule has 7 nitrogen and oxygen atoms in total. The van der Waals surface area contributed by atoms with Crippen LogP contribution in [0.25, 0.3) is 11.0 Å². The summed E-state index contributed by atoms with van der Waals surface area (Å²) in [7, 11) is -1.55. The molecule has 4 rings (SSSR count). The molecule has 1 unspecified atom stereocenters. The molecule has 9 heteroatoms. The van der Waals surface area contributed by atoms with Crippen molar-refractivity contribution < 1.29 is 13.2 Å². The zero-order chi connectivity index (χ0) is 20.2. The molecule has 1 N–H and O–H groups in total. The maximum atomic E-state index is 12.7. The molecule has 1 aliphatic rings. The summed E-state index contributed by atoms with van der Waals surface area (Å²) in [5, 5.41) is 3.39. The minimum absolute atomic E-state index is 0.173. The Balaban J connectivity index is 1.64. The summed E-state index contributed by atoms with van der Waals surface area (Å²) in [6, 6.07) is 10.2. The number of halogens is 1. The first kappa shape index (κ1) is 18.8. The third-order valence-corrected chi connectivity index (χ3v) is 6.43. The lowest BCUT2D eigenvalue weighted by Crippen LogP contribution is -2.34. The van der Waals surface area contributed by atoms with E-state index in [-0.39, 0.29) is 11.9 Å². The van der Waals surface area contributed by atoms with Gasteiger partial charge in [-0.2, -0.15) is 0 Å². The van der Waals surface area contributed by atoms with Crippen LogP contribution in [0.5, 0.6) is 0 Å². The van der Waals surface area contributed by atoms with Gasteiger partial charge in [0.25, 0.3) is 5.91 Å². The van der Waals surface area contributed by atoms with E-state index in [0.717, 1.165) is 11.1 Å². The van der Waals surface area contributed by atoms with Gasteiger partial charge < -0.3 is 4.57 Å².